The Hall–Kier alpha value is -0.860. The van der Waals surface area contributed by atoms with Crippen LogP contribution >= 0.6 is 27.5 Å². The van der Waals surface area contributed by atoms with Crippen LogP contribution in [0.3, 0.4) is 0 Å². The van der Waals surface area contributed by atoms with E-state index >= 15 is 0 Å². The Bertz CT molecular complexity index is 527. The summed E-state index contributed by atoms with van der Waals surface area (Å²) in [6.07, 6.45) is 1.83. The van der Waals surface area contributed by atoms with Gasteiger partial charge in [-0.05, 0) is 42.3 Å². The normalized spacial score (nSPS) is 14.2. The zero-order chi connectivity index (χ0) is 13.1. The first-order valence-electron chi connectivity index (χ1n) is 5.90. The molecule has 3 heteroatoms. The molecule has 0 fully saturated rings. The molecule has 0 bridgehead atoms. The summed E-state index contributed by atoms with van der Waals surface area (Å²) in [5.74, 6) is 0.295. The van der Waals surface area contributed by atoms with Gasteiger partial charge in [0.05, 0.1) is 0 Å². The highest BCUT2D eigenvalue weighted by Gasteiger charge is 2.20. The molecular formula is C15H15BrClN. The van der Waals surface area contributed by atoms with E-state index in [0.29, 0.717) is 5.92 Å². The maximum atomic E-state index is 6.08. The van der Waals surface area contributed by atoms with Gasteiger partial charge in [0.1, 0.15) is 0 Å². The summed E-state index contributed by atoms with van der Waals surface area (Å²) in [5, 5.41) is 0.772. The second-order valence-electron chi connectivity index (χ2n) is 4.45. The van der Waals surface area contributed by atoms with Gasteiger partial charge < -0.3 is 0 Å². The smallest absolute Gasteiger partial charge is 0.0479 e. The fourth-order valence-corrected chi connectivity index (χ4v) is 2.92. The first-order valence-corrected chi connectivity index (χ1v) is 7.20. The van der Waals surface area contributed by atoms with Gasteiger partial charge in [0.15, 0.2) is 0 Å². The van der Waals surface area contributed by atoms with Crippen molar-refractivity contribution < 1.29 is 0 Å². The van der Waals surface area contributed by atoms with Crippen LogP contribution in [0.2, 0.25) is 5.02 Å². The van der Waals surface area contributed by atoms with Gasteiger partial charge in [0, 0.05) is 27.7 Å². The predicted molar refractivity (Wildman–Crippen MR) is 80.5 cm³/mol. The van der Waals surface area contributed by atoms with Crippen molar-refractivity contribution in [1.82, 2.24) is 4.98 Å². The highest BCUT2D eigenvalue weighted by Crippen LogP contribution is 2.39. The molecule has 2 rings (SSSR count). The molecule has 1 aromatic heterocycles. The molecular weight excluding hydrogens is 310 g/mol. The molecule has 1 heterocycles. The average molecular weight is 325 g/mol. The zero-order valence-corrected chi connectivity index (χ0v) is 12.7. The van der Waals surface area contributed by atoms with Crippen molar-refractivity contribution in [1.29, 1.82) is 0 Å². The maximum Gasteiger partial charge on any atom is 0.0479 e. The number of pyridine rings is 1. The molecule has 2 aromatic rings. The van der Waals surface area contributed by atoms with Crippen molar-refractivity contribution >= 4 is 27.5 Å². The Balaban J connectivity index is 2.31. The summed E-state index contributed by atoms with van der Waals surface area (Å²) in [4.78, 5) is 4.63. The van der Waals surface area contributed by atoms with Gasteiger partial charge in [0.25, 0.3) is 0 Å². The fraction of sp³-hybridized carbons (Fsp3) is 0.267. The summed E-state index contributed by atoms with van der Waals surface area (Å²) < 4.78 is 0. The number of rotatable bonds is 3. The van der Waals surface area contributed by atoms with Gasteiger partial charge in [0.2, 0.25) is 0 Å². The number of hydrogen-bond donors (Lipinski definition) is 0. The van der Waals surface area contributed by atoms with Crippen LogP contribution < -0.4 is 0 Å². The summed E-state index contributed by atoms with van der Waals surface area (Å²) >= 11 is 9.85. The number of aromatic nitrogens is 1. The Morgan fingerprint density at radius 1 is 1.22 bits per heavy atom. The van der Waals surface area contributed by atoms with Gasteiger partial charge in [-0.3, -0.25) is 4.98 Å². The third kappa shape index (κ3) is 2.93. The van der Waals surface area contributed by atoms with Gasteiger partial charge in [-0.15, -0.1) is 0 Å². The number of alkyl halides is 1. The summed E-state index contributed by atoms with van der Waals surface area (Å²) in [5.41, 5.74) is 3.54. The van der Waals surface area contributed by atoms with Crippen LogP contribution in [0, 0.1) is 6.92 Å². The SMILES string of the molecule is Cc1ccc(Cl)cc1C(Br)C(C)c1ccccn1. The summed E-state index contributed by atoms with van der Waals surface area (Å²) in [6.45, 7) is 4.27. The van der Waals surface area contributed by atoms with E-state index in [9.17, 15) is 0 Å². The van der Waals surface area contributed by atoms with Crippen molar-refractivity contribution in [2.24, 2.45) is 0 Å². The number of nitrogens with zero attached hydrogens (tertiary/aromatic N) is 1. The second kappa shape index (κ2) is 5.85. The monoisotopic (exact) mass is 323 g/mol. The quantitative estimate of drug-likeness (QED) is 0.700. The lowest BCUT2D eigenvalue weighted by atomic mass is 9.94. The van der Waals surface area contributed by atoms with Gasteiger partial charge in [-0.1, -0.05) is 46.6 Å². The van der Waals surface area contributed by atoms with Crippen molar-refractivity contribution in [3.05, 3.63) is 64.4 Å². The second-order valence-corrected chi connectivity index (χ2v) is 5.87. The van der Waals surface area contributed by atoms with Crippen LogP contribution in [-0.2, 0) is 0 Å². The van der Waals surface area contributed by atoms with Crippen molar-refractivity contribution in [2.45, 2.75) is 24.6 Å². The first-order chi connectivity index (χ1) is 8.59. The van der Waals surface area contributed by atoms with Gasteiger partial charge >= 0.3 is 0 Å². The average Bonchev–Trinajstić information content (AvgIpc) is 2.41. The van der Waals surface area contributed by atoms with Crippen LogP contribution in [0.5, 0.6) is 0 Å². The zero-order valence-electron chi connectivity index (χ0n) is 10.4. The minimum absolute atomic E-state index is 0.214. The van der Waals surface area contributed by atoms with E-state index < -0.39 is 0 Å². The van der Waals surface area contributed by atoms with E-state index in [0.717, 1.165) is 10.7 Å². The van der Waals surface area contributed by atoms with Crippen molar-refractivity contribution in [3.63, 3.8) is 0 Å². The fourth-order valence-electron chi connectivity index (χ4n) is 1.97. The highest BCUT2D eigenvalue weighted by molar-refractivity contribution is 9.09. The third-order valence-corrected chi connectivity index (χ3v) is 4.65. The number of benzene rings is 1. The van der Waals surface area contributed by atoms with Gasteiger partial charge in [-0.25, -0.2) is 0 Å². The Morgan fingerprint density at radius 2 is 2.00 bits per heavy atom. The molecule has 0 aliphatic heterocycles. The van der Waals surface area contributed by atoms with E-state index in [1.807, 2.05) is 30.5 Å². The lowest BCUT2D eigenvalue weighted by molar-refractivity contribution is 0.721. The van der Waals surface area contributed by atoms with Crippen LogP contribution in [0.4, 0.5) is 0 Å². The molecule has 0 aliphatic carbocycles. The van der Waals surface area contributed by atoms with E-state index in [-0.39, 0.29) is 4.83 Å². The molecule has 0 aliphatic rings. The number of hydrogen-bond acceptors (Lipinski definition) is 1. The maximum absolute atomic E-state index is 6.08. The van der Waals surface area contributed by atoms with Crippen molar-refractivity contribution in [3.8, 4) is 0 Å². The third-order valence-electron chi connectivity index (χ3n) is 3.13. The molecule has 1 aromatic carbocycles. The molecule has 2 unspecified atom stereocenters. The molecule has 0 saturated heterocycles. The van der Waals surface area contributed by atoms with Crippen LogP contribution in [-0.4, -0.2) is 4.98 Å². The molecule has 0 radical (unpaired) electrons. The molecule has 94 valence electrons. The lowest BCUT2D eigenvalue weighted by Gasteiger charge is -2.20. The van der Waals surface area contributed by atoms with E-state index in [2.05, 4.69) is 46.9 Å². The van der Waals surface area contributed by atoms with E-state index in [1.54, 1.807) is 0 Å². The lowest BCUT2D eigenvalue weighted by Crippen LogP contribution is -2.05. The van der Waals surface area contributed by atoms with E-state index in [4.69, 9.17) is 11.6 Å². The molecule has 0 spiro atoms. The molecule has 0 amide bonds. The molecule has 0 N–H and O–H groups in total. The molecule has 2 atom stereocenters. The van der Waals surface area contributed by atoms with Crippen molar-refractivity contribution in [2.75, 3.05) is 0 Å². The standard InChI is InChI=1S/C15H15BrClN/c1-10-6-7-12(17)9-13(10)15(16)11(2)14-5-3-4-8-18-14/h3-9,11,15H,1-2H3. The topological polar surface area (TPSA) is 12.9 Å². The first kappa shape index (κ1) is 13.6. The summed E-state index contributed by atoms with van der Waals surface area (Å²) in [7, 11) is 0. The molecule has 1 nitrogen and oxygen atoms in total. The number of aryl methyl sites for hydroxylation is 1. The molecule has 18 heavy (non-hydrogen) atoms. The number of halogens is 2. The summed E-state index contributed by atoms with van der Waals surface area (Å²) in [6, 6.07) is 12.0. The highest BCUT2D eigenvalue weighted by atomic mass is 79.9. The largest absolute Gasteiger partial charge is 0.261 e. The van der Waals surface area contributed by atoms with Crippen LogP contribution in [0.15, 0.2) is 42.6 Å². The van der Waals surface area contributed by atoms with Crippen LogP contribution in [0.1, 0.15) is 34.5 Å². The Labute approximate surface area is 121 Å². The van der Waals surface area contributed by atoms with Crippen LogP contribution in [0.25, 0.3) is 0 Å². The predicted octanol–water partition coefficient (Wildman–Crippen LogP) is 5.28. The minimum atomic E-state index is 0.214. The Morgan fingerprint density at radius 3 is 2.67 bits per heavy atom. The minimum Gasteiger partial charge on any atom is -0.261 e. The van der Waals surface area contributed by atoms with Gasteiger partial charge in [-0.2, -0.15) is 0 Å². The van der Waals surface area contributed by atoms with E-state index in [1.165, 1.54) is 11.1 Å². The molecule has 0 saturated carbocycles. The Kier molecular flexibility index (Phi) is 4.41.